The third kappa shape index (κ3) is 4.48. The summed E-state index contributed by atoms with van der Waals surface area (Å²) in [5.74, 6) is 0.00188. The van der Waals surface area contributed by atoms with E-state index in [4.69, 9.17) is 5.73 Å². The van der Waals surface area contributed by atoms with Gasteiger partial charge in [-0.25, -0.2) is 0 Å². The van der Waals surface area contributed by atoms with E-state index in [1.807, 2.05) is 48.5 Å². The number of carbonyl (C=O) groups is 1. The van der Waals surface area contributed by atoms with Crippen LogP contribution in [-0.4, -0.2) is 17.4 Å². The van der Waals surface area contributed by atoms with Crippen LogP contribution in [0.5, 0.6) is 0 Å². The summed E-state index contributed by atoms with van der Waals surface area (Å²) in [5, 5.41) is 2.86. The molecule has 1 amide bonds. The number of hydrogen-bond donors (Lipinski definition) is 2. The van der Waals surface area contributed by atoms with Crippen molar-refractivity contribution >= 4 is 5.91 Å². The number of aryl methyl sites for hydroxylation is 1. The molecule has 0 saturated carbocycles. The molecule has 2 rings (SSSR count). The first-order valence-electron chi connectivity index (χ1n) is 6.73. The van der Waals surface area contributed by atoms with Gasteiger partial charge in [-0.3, -0.25) is 9.78 Å². The third-order valence-electron chi connectivity index (χ3n) is 3.08. The summed E-state index contributed by atoms with van der Waals surface area (Å²) in [5.41, 5.74) is 7.97. The maximum Gasteiger partial charge on any atom is 0.220 e. The molecule has 2 aromatic rings. The molecular formula is C16H19N3O. The molecule has 4 nitrogen and oxygen atoms in total. The normalized spacial score (nSPS) is 11.8. The zero-order valence-electron chi connectivity index (χ0n) is 11.3. The van der Waals surface area contributed by atoms with Gasteiger partial charge in [0.2, 0.25) is 5.91 Å². The van der Waals surface area contributed by atoms with Crippen LogP contribution in [0.25, 0.3) is 0 Å². The molecule has 1 atom stereocenters. The Bertz CT molecular complexity index is 528. The molecule has 0 bridgehead atoms. The van der Waals surface area contributed by atoms with Crippen molar-refractivity contribution in [2.24, 2.45) is 5.73 Å². The number of carbonyl (C=O) groups excluding carboxylic acids is 1. The van der Waals surface area contributed by atoms with Gasteiger partial charge in [-0.2, -0.15) is 0 Å². The van der Waals surface area contributed by atoms with Crippen LogP contribution in [0.1, 0.15) is 23.7 Å². The van der Waals surface area contributed by atoms with Gasteiger partial charge >= 0.3 is 0 Å². The summed E-state index contributed by atoms with van der Waals surface area (Å²) in [4.78, 5) is 15.9. The molecule has 0 fully saturated rings. The minimum atomic E-state index is -0.171. The van der Waals surface area contributed by atoms with Crippen LogP contribution >= 0.6 is 0 Å². The fourth-order valence-electron chi connectivity index (χ4n) is 1.92. The van der Waals surface area contributed by atoms with E-state index in [-0.39, 0.29) is 11.9 Å². The van der Waals surface area contributed by atoms with Crippen molar-refractivity contribution in [1.29, 1.82) is 0 Å². The molecule has 0 saturated heterocycles. The van der Waals surface area contributed by atoms with Gasteiger partial charge in [-0.15, -0.1) is 0 Å². The molecule has 4 heteroatoms. The molecule has 0 aliphatic rings. The molecule has 0 aliphatic carbocycles. The van der Waals surface area contributed by atoms with Gasteiger partial charge < -0.3 is 11.1 Å². The molecule has 0 aliphatic heterocycles. The monoisotopic (exact) mass is 269 g/mol. The molecule has 0 spiro atoms. The van der Waals surface area contributed by atoms with E-state index in [1.165, 1.54) is 0 Å². The second kappa shape index (κ2) is 7.40. The van der Waals surface area contributed by atoms with Crippen molar-refractivity contribution in [3.8, 4) is 0 Å². The van der Waals surface area contributed by atoms with Crippen molar-refractivity contribution in [2.45, 2.75) is 18.9 Å². The van der Waals surface area contributed by atoms with Crippen molar-refractivity contribution in [3.05, 3.63) is 66.0 Å². The number of hydrogen-bond acceptors (Lipinski definition) is 3. The van der Waals surface area contributed by atoms with E-state index < -0.39 is 0 Å². The Balaban J connectivity index is 1.73. The van der Waals surface area contributed by atoms with Crippen molar-refractivity contribution in [3.63, 3.8) is 0 Å². The first kappa shape index (κ1) is 14.2. The van der Waals surface area contributed by atoms with Crippen molar-refractivity contribution < 1.29 is 4.79 Å². The Morgan fingerprint density at radius 3 is 2.60 bits per heavy atom. The highest BCUT2D eigenvalue weighted by atomic mass is 16.1. The number of nitrogens with one attached hydrogen (secondary N) is 1. The minimum Gasteiger partial charge on any atom is -0.354 e. The molecule has 1 aromatic carbocycles. The lowest BCUT2D eigenvalue weighted by Gasteiger charge is -2.13. The maximum absolute atomic E-state index is 11.8. The number of amides is 1. The molecule has 1 unspecified atom stereocenters. The first-order chi connectivity index (χ1) is 9.75. The lowest BCUT2D eigenvalue weighted by molar-refractivity contribution is -0.121. The number of benzene rings is 1. The van der Waals surface area contributed by atoms with E-state index >= 15 is 0 Å². The molecular weight excluding hydrogens is 250 g/mol. The van der Waals surface area contributed by atoms with E-state index in [2.05, 4.69) is 10.3 Å². The summed E-state index contributed by atoms with van der Waals surface area (Å²) in [6.07, 6.45) is 2.81. The number of nitrogens with zero attached hydrogens (tertiary/aromatic N) is 1. The summed E-state index contributed by atoms with van der Waals surface area (Å²) in [7, 11) is 0. The van der Waals surface area contributed by atoms with Crippen molar-refractivity contribution in [2.75, 3.05) is 6.54 Å². The summed E-state index contributed by atoms with van der Waals surface area (Å²) >= 11 is 0. The molecule has 1 aromatic heterocycles. The van der Waals surface area contributed by atoms with Crippen LogP contribution in [0.15, 0.2) is 54.7 Å². The lowest BCUT2D eigenvalue weighted by atomic mass is 10.1. The van der Waals surface area contributed by atoms with Gasteiger partial charge in [0, 0.05) is 30.9 Å². The highest BCUT2D eigenvalue weighted by Crippen LogP contribution is 2.08. The SMILES string of the molecule is NC(CNC(=O)CCc1ccccn1)c1ccccc1. The standard InChI is InChI=1S/C16H19N3O/c17-15(13-6-2-1-3-7-13)12-19-16(20)10-9-14-8-4-5-11-18-14/h1-8,11,15H,9-10,12,17H2,(H,19,20). The number of aromatic nitrogens is 1. The van der Waals surface area contributed by atoms with Gasteiger partial charge in [0.05, 0.1) is 0 Å². The van der Waals surface area contributed by atoms with E-state index in [1.54, 1.807) is 6.20 Å². The number of rotatable bonds is 6. The van der Waals surface area contributed by atoms with Crippen LogP contribution in [-0.2, 0) is 11.2 Å². The Hall–Kier alpha value is -2.20. The highest BCUT2D eigenvalue weighted by Gasteiger charge is 2.08. The Morgan fingerprint density at radius 1 is 1.15 bits per heavy atom. The van der Waals surface area contributed by atoms with Crippen LogP contribution in [0, 0.1) is 0 Å². The molecule has 3 N–H and O–H groups in total. The first-order valence-corrected chi connectivity index (χ1v) is 6.73. The van der Waals surface area contributed by atoms with E-state index in [9.17, 15) is 4.79 Å². The predicted octanol–water partition coefficient (Wildman–Crippen LogP) is 1.83. The van der Waals surface area contributed by atoms with Crippen LogP contribution in [0.2, 0.25) is 0 Å². The average Bonchev–Trinajstić information content (AvgIpc) is 2.52. The second-order valence-electron chi connectivity index (χ2n) is 4.64. The second-order valence-corrected chi connectivity index (χ2v) is 4.64. The smallest absolute Gasteiger partial charge is 0.220 e. The quantitative estimate of drug-likeness (QED) is 0.840. The fourth-order valence-corrected chi connectivity index (χ4v) is 1.92. The van der Waals surface area contributed by atoms with Gasteiger partial charge in [0.15, 0.2) is 0 Å². The maximum atomic E-state index is 11.8. The number of nitrogens with two attached hydrogens (primary N) is 1. The van der Waals surface area contributed by atoms with E-state index in [0.29, 0.717) is 19.4 Å². The average molecular weight is 269 g/mol. The lowest BCUT2D eigenvalue weighted by Crippen LogP contribution is -2.32. The van der Waals surface area contributed by atoms with E-state index in [0.717, 1.165) is 11.3 Å². The van der Waals surface area contributed by atoms with Gasteiger partial charge in [0.25, 0.3) is 0 Å². The largest absolute Gasteiger partial charge is 0.354 e. The predicted molar refractivity (Wildman–Crippen MR) is 78.9 cm³/mol. The molecule has 1 heterocycles. The third-order valence-corrected chi connectivity index (χ3v) is 3.08. The van der Waals surface area contributed by atoms with Crippen LogP contribution in [0.4, 0.5) is 0 Å². The van der Waals surface area contributed by atoms with Gasteiger partial charge in [-0.1, -0.05) is 36.4 Å². The van der Waals surface area contributed by atoms with Gasteiger partial charge in [-0.05, 0) is 24.1 Å². The number of pyridine rings is 1. The fraction of sp³-hybridized carbons (Fsp3) is 0.250. The summed E-state index contributed by atoms with van der Waals surface area (Å²) in [6, 6.07) is 15.3. The zero-order valence-corrected chi connectivity index (χ0v) is 11.3. The topological polar surface area (TPSA) is 68.0 Å². The van der Waals surface area contributed by atoms with Crippen LogP contribution in [0.3, 0.4) is 0 Å². The molecule has 20 heavy (non-hydrogen) atoms. The Morgan fingerprint density at radius 2 is 1.90 bits per heavy atom. The Kier molecular flexibility index (Phi) is 5.26. The van der Waals surface area contributed by atoms with Gasteiger partial charge in [0.1, 0.15) is 0 Å². The van der Waals surface area contributed by atoms with Crippen LogP contribution < -0.4 is 11.1 Å². The minimum absolute atomic E-state index is 0.00188. The highest BCUT2D eigenvalue weighted by molar-refractivity contribution is 5.76. The summed E-state index contributed by atoms with van der Waals surface area (Å²) in [6.45, 7) is 0.449. The summed E-state index contributed by atoms with van der Waals surface area (Å²) < 4.78 is 0. The van der Waals surface area contributed by atoms with Crippen molar-refractivity contribution in [1.82, 2.24) is 10.3 Å². The Labute approximate surface area is 119 Å². The molecule has 104 valence electrons. The molecule has 0 radical (unpaired) electrons. The zero-order chi connectivity index (χ0) is 14.2.